The molecule has 0 aliphatic rings. The van der Waals surface area contributed by atoms with Gasteiger partial charge in [-0.1, -0.05) is 12.1 Å². The van der Waals surface area contributed by atoms with Crippen molar-refractivity contribution in [2.75, 3.05) is 32.7 Å². The van der Waals surface area contributed by atoms with E-state index < -0.39 is 0 Å². The van der Waals surface area contributed by atoms with Crippen LogP contribution in [0.15, 0.2) is 24.3 Å². The summed E-state index contributed by atoms with van der Waals surface area (Å²) in [6.45, 7) is 5.47. The Labute approximate surface area is 144 Å². The van der Waals surface area contributed by atoms with Gasteiger partial charge in [-0.05, 0) is 26.0 Å². The van der Waals surface area contributed by atoms with Crippen LogP contribution in [0.3, 0.4) is 0 Å². The quantitative estimate of drug-likeness (QED) is 0.804. The molecule has 1 heterocycles. The number of benzene rings is 1. The van der Waals surface area contributed by atoms with Gasteiger partial charge in [-0.3, -0.25) is 4.68 Å². The molecule has 0 radical (unpaired) electrons. The van der Waals surface area contributed by atoms with E-state index in [9.17, 15) is 0 Å². The molecule has 2 aromatic rings. The normalized spacial score (nSPS) is 12.1. The highest BCUT2D eigenvalue weighted by Gasteiger charge is 2.15. The van der Waals surface area contributed by atoms with Crippen LogP contribution in [-0.4, -0.2) is 43.6 Å². The minimum absolute atomic E-state index is 0.199. The van der Waals surface area contributed by atoms with Crippen molar-refractivity contribution in [1.29, 1.82) is 0 Å². The van der Waals surface area contributed by atoms with Crippen molar-refractivity contribution in [2.45, 2.75) is 26.4 Å². The minimum Gasteiger partial charge on any atom is -0.493 e. The third-order valence-electron chi connectivity index (χ3n) is 3.92. The molecule has 0 bridgehead atoms. The molecule has 6 heteroatoms. The molecule has 1 N–H and O–H groups in total. The smallest absolute Gasteiger partial charge is 0.161 e. The van der Waals surface area contributed by atoms with Gasteiger partial charge in [-0.2, -0.15) is 5.10 Å². The fraction of sp³-hybridized carbons (Fsp3) is 0.500. The fourth-order valence-electron chi connectivity index (χ4n) is 2.74. The monoisotopic (exact) mass is 332 g/mol. The fourth-order valence-corrected chi connectivity index (χ4v) is 2.74. The molecule has 0 saturated heterocycles. The predicted molar refractivity (Wildman–Crippen MR) is 97.1 cm³/mol. The number of hydrogen-bond acceptors (Lipinski definition) is 5. The molecule has 1 aromatic carbocycles. The van der Waals surface area contributed by atoms with E-state index in [1.54, 1.807) is 7.11 Å². The predicted octanol–water partition coefficient (Wildman–Crippen LogP) is 2.36. The molecule has 24 heavy (non-hydrogen) atoms. The molecular weight excluding hydrogens is 304 g/mol. The average molecular weight is 332 g/mol. The van der Waals surface area contributed by atoms with Gasteiger partial charge in [0.25, 0.3) is 0 Å². The van der Waals surface area contributed by atoms with Gasteiger partial charge in [-0.25, -0.2) is 0 Å². The summed E-state index contributed by atoms with van der Waals surface area (Å²) in [6, 6.07) is 7.89. The van der Waals surface area contributed by atoms with Crippen LogP contribution in [0, 0.1) is 6.92 Å². The van der Waals surface area contributed by atoms with Crippen molar-refractivity contribution in [3.63, 3.8) is 0 Å². The minimum atomic E-state index is 0.199. The zero-order valence-electron chi connectivity index (χ0n) is 15.5. The summed E-state index contributed by atoms with van der Waals surface area (Å²) < 4.78 is 13.1. The molecule has 1 aromatic heterocycles. The van der Waals surface area contributed by atoms with Gasteiger partial charge < -0.3 is 19.7 Å². The molecule has 0 aliphatic heterocycles. The highest BCUT2D eigenvalue weighted by Crippen LogP contribution is 2.26. The molecule has 0 fully saturated rings. The van der Waals surface area contributed by atoms with Gasteiger partial charge in [0.2, 0.25) is 0 Å². The Kier molecular flexibility index (Phi) is 6.09. The first-order chi connectivity index (χ1) is 11.4. The van der Waals surface area contributed by atoms with E-state index >= 15 is 0 Å². The Balaban J connectivity index is 1.93. The number of aromatic nitrogens is 2. The molecule has 0 aliphatic carbocycles. The Hall–Kier alpha value is -2.21. The van der Waals surface area contributed by atoms with Gasteiger partial charge in [0.15, 0.2) is 11.5 Å². The van der Waals surface area contributed by atoms with Gasteiger partial charge in [0.05, 0.1) is 12.8 Å². The number of nitrogens with one attached hydrogen (secondary N) is 1. The number of rotatable bonds is 8. The van der Waals surface area contributed by atoms with E-state index in [1.165, 1.54) is 5.56 Å². The number of aryl methyl sites for hydroxylation is 2. The third kappa shape index (κ3) is 4.20. The summed E-state index contributed by atoms with van der Waals surface area (Å²) in [5, 5.41) is 8.02. The molecule has 0 unspecified atom stereocenters. The molecule has 2 rings (SSSR count). The number of para-hydroxylation sites is 2. The van der Waals surface area contributed by atoms with Crippen molar-refractivity contribution >= 4 is 5.82 Å². The van der Waals surface area contributed by atoms with Crippen LogP contribution in [0.4, 0.5) is 5.82 Å². The number of anilines is 1. The summed E-state index contributed by atoms with van der Waals surface area (Å²) in [5.74, 6) is 2.64. The van der Waals surface area contributed by atoms with Gasteiger partial charge in [0.1, 0.15) is 12.4 Å². The van der Waals surface area contributed by atoms with Crippen molar-refractivity contribution in [3.05, 3.63) is 35.5 Å². The van der Waals surface area contributed by atoms with Crippen LogP contribution in [0.1, 0.15) is 18.2 Å². The van der Waals surface area contributed by atoms with Gasteiger partial charge in [-0.15, -0.1) is 0 Å². The second-order valence-corrected chi connectivity index (χ2v) is 6.15. The summed E-state index contributed by atoms with van der Waals surface area (Å²) >= 11 is 0. The van der Waals surface area contributed by atoms with Crippen LogP contribution in [0.5, 0.6) is 11.5 Å². The summed E-state index contributed by atoms with van der Waals surface area (Å²) in [7, 11) is 7.69. The van der Waals surface area contributed by atoms with Crippen molar-refractivity contribution in [2.24, 2.45) is 7.05 Å². The molecule has 0 saturated carbocycles. The molecule has 132 valence electrons. The van der Waals surface area contributed by atoms with Crippen LogP contribution >= 0.6 is 0 Å². The molecule has 1 atom stereocenters. The maximum Gasteiger partial charge on any atom is 0.161 e. The van der Waals surface area contributed by atoms with Crippen LogP contribution in [-0.2, 0) is 13.6 Å². The van der Waals surface area contributed by atoms with Gasteiger partial charge in [0, 0.05) is 39.3 Å². The van der Waals surface area contributed by atoms with Crippen molar-refractivity contribution < 1.29 is 9.47 Å². The topological polar surface area (TPSA) is 51.6 Å². The molecular formula is C18H28N4O2. The number of nitrogens with zero attached hydrogens (tertiary/aromatic N) is 3. The van der Waals surface area contributed by atoms with Crippen molar-refractivity contribution in [3.8, 4) is 11.5 Å². The number of ether oxygens (including phenoxy) is 2. The Bertz CT molecular complexity index is 667. The van der Waals surface area contributed by atoms with Crippen LogP contribution in [0.25, 0.3) is 0 Å². The van der Waals surface area contributed by atoms with Crippen LogP contribution < -0.4 is 19.7 Å². The van der Waals surface area contributed by atoms with Crippen molar-refractivity contribution in [1.82, 2.24) is 15.1 Å². The maximum atomic E-state index is 5.87. The summed E-state index contributed by atoms with van der Waals surface area (Å²) in [5.41, 5.74) is 2.26. The number of hydrogen-bond donors (Lipinski definition) is 1. The van der Waals surface area contributed by atoms with E-state index in [4.69, 9.17) is 9.47 Å². The Morgan fingerprint density at radius 2 is 1.92 bits per heavy atom. The number of methoxy groups -OCH3 is 1. The SMILES string of the molecule is COc1ccccc1OC[C@@H](C)NCc1c(C)nn(C)c1N(C)C. The lowest BCUT2D eigenvalue weighted by Gasteiger charge is -2.19. The first kappa shape index (κ1) is 18.1. The first-order valence-corrected chi connectivity index (χ1v) is 8.13. The lowest BCUT2D eigenvalue weighted by Crippen LogP contribution is -2.32. The third-order valence-corrected chi connectivity index (χ3v) is 3.92. The average Bonchev–Trinajstić information content (AvgIpc) is 2.84. The van der Waals surface area contributed by atoms with Crippen LogP contribution in [0.2, 0.25) is 0 Å². The molecule has 0 amide bonds. The lowest BCUT2D eigenvalue weighted by molar-refractivity contribution is 0.259. The Morgan fingerprint density at radius 1 is 1.25 bits per heavy atom. The highest BCUT2D eigenvalue weighted by molar-refractivity contribution is 5.48. The summed E-state index contributed by atoms with van der Waals surface area (Å²) in [4.78, 5) is 2.09. The van der Waals surface area contributed by atoms with Gasteiger partial charge >= 0.3 is 0 Å². The second-order valence-electron chi connectivity index (χ2n) is 6.15. The van der Waals surface area contributed by atoms with E-state index in [2.05, 4.69) is 22.2 Å². The van der Waals surface area contributed by atoms with E-state index in [1.807, 2.05) is 57.0 Å². The summed E-state index contributed by atoms with van der Waals surface area (Å²) in [6.07, 6.45) is 0. The zero-order chi connectivity index (χ0) is 17.7. The molecule has 6 nitrogen and oxygen atoms in total. The second kappa shape index (κ2) is 8.06. The largest absolute Gasteiger partial charge is 0.493 e. The highest BCUT2D eigenvalue weighted by atomic mass is 16.5. The standard InChI is InChI=1S/C18H28N4O2/c1-13(12-24-17-10-8-7-9-16(17)23-6)19-11-15-14(2)20-22(5)18(15)21(3)4/h7-10,13,19H,11-12H2,1-6H3/t13-/m1/s1. The van der Waals surface area contributed by atoms with E-state index in [0.29, 0.717) is 6.61 Å². The Morgan fingerprint density at radius 3 is 2.54 bits per heavy atom. The first-order valence-electron chi connectivity index (χ1n) is 8.13. The van der Waals surface area contributed by atoms with E-state index in [0.717, 1.165) is 29.6 Å². The molecule has 0 spiro atoms. The zero-order valence-corrected chi connectivity index (χ0v) is 15.5. The maximum absolute atomic E-state index is 5.87. The van der Waals surface area contributed by atoms with E-state index in [-0.39, 0.29) is 6.04 Å². The lowest BCUT2D eigenvalue weighted by atomic mass is 10.2.